The molecule has 3 aromatic carbocycles. The molecule has 31 heavy (non-hydrogen) atoms. The van der Waals surface area contributed by atoms with E-state index < -0.39 is 0 Å². The lowest BCUT2D eigenvalue weighted by Gasteiger charge is -2.26. The molecule has 1 heteroatoms. The Morgan fingerprint density at radius 3 is 2.19 bits per heavy atom. The molecule has 0 spiro atoms. The molecule has 4 aromatic rings. The summed E-state index contributed by atoms with van der Waals surface area (Å²) in [5.41, 5.74) is 12.2. The van der Waals surface area contributed by atoms with Crippen LogP contribution in [0.4, 0.5) is 0 Å². The van der Waals surface area contributed by atoms with Crippen LogP contribution in [0.1, 0.15) is 43.2 Å². The monoisotopic (exact) mass is 404 g/mol. The number of benzene rings is 3. The van der Waals surface area contributed by atoms with Crippen molar-refractivity contribution in [3.63, 3.8) is 0 Å². The second-order valence-electron chi connectivity index (χ2n) is 9.72. The van der Waals surface area contributed by atoms with E-state index in [-0.39, 0.29) is 5.41 Å². The van der Waals surface area contributed by atoms with Gasteiger partial charge in [-0.3, -0.25) is 0 Å². The standard InChI is InChI=1S/C30H30N/c1-21-11-10-15-24(19-21)31-28(30(2,3)4)20-27(22-12-6-5-7-13-22)26-18-17-23-14-8-9-16-25(23)29(26)31/h5-16,19-20H,17-18H2,1-4H3/q+1. The molecule has 0 radical (unpaired) electrons. The van der Waals surface area contributed by atoms with Crippen LogP contribution in [0.3, 0.4) is 0 Å². The van der Waals surface area contributed by atoms with E-state index in [1.807, 2.05) is 0 Å². The van der Waals surface area contributed by atoms with E-state index in [9.17, 15) is 0 Å². The molecule has 1 aromatic heterocycles. The van der Waals surface area contributed by atoms with Gasteiger partial charge in [0.2, 0.25) is 11.4 Å². The fourth-order valence-corrected chi connectivity index (χ4v) is 4.90. The van der Waals surface area contributed by atoms with Gasteiger partial charge in [-0.25, -0.2) is 0 Å². The second kappa shape index (κ2) is 7.50. The van der Waals surface area contributed by atoms with Crippen molar-refractivity contribution in [3.8, 4) is 28.1 Å². The first-order valence-electron chi connectivity index (χ1n) is 11.3. The van der Waals surface area contributed by atoms with E-state index >= 15 is 0 Å². The number of pyridine rings is 1. The molecule has 0 aliphatic heterocycles. The van der Waals surface area contributed by atoms with Crippen LogP contribution < -0.4 is 4.57 Å². The summed E-state index contributed by atoms with van der Waals surface area (Å²) in [6.45, 7) is 9.15. The zero-order chi connectivity index (χ0) is 21.6. The van der Waals surface area contributed by atoms with Crippen LogP contribution in [-0.4, -0.2) is 0 Å². The molecule has 0 N–H and O–H groups in total. The van der Waals surface area contributed by atoms with Gasteiger partial charge in [0.1, 0.15) is 0 Å². The molecule has 0 amide bonds. The lowest BCUT2D eigenvalue weighted by Crippen LogP contribution is -2.45. The Balaban J connectivity index is 1.95. The van der Waals surface area contributed by atoms with Gasteiger partial charge in [-0.1, -0.05) is 81.4 Å². The number of aryl methyl sites for hydroxylation is 2. The molecular formula is C30H30N+. The first kappa shape index (κ1) is 19.8. The van der Waals surface area contributed by atoms with Gasteiger partial charge in [-0.15, -0.1) is 0 Å². The summed E-state index contributed by atoms with van der Waals surface area (Å²) < 4.78 is 2.53. The minimum absolute atomic E-state index is 0.00526. The minimum atomic E-state index is -0.00526. The summed E-state index contributed by atoms with van der Waals surface area (Å²) >= 11 is 0. The molecule has 0 bridgehead atoms. The van der Waals surface area contributed by atoms with Crippen LogP contribution >= 0.6 is 0 Å². The summed E-state index contributed by atoms with van der Waals surface area (Å²) in [6.07, 6.45) is 2.15. The number of nitrogens with zero attached hydrogens (tertiary/aromatic N) is 1. The molecule has 1 aliphatic rings. The maximum Gasteiger partial charge on any atom is 0.222 e. The number of hydrogen-bond acceptors (Lipinski definition) is 0. The van der Waals surface area contributed by atoms with Gasteiger partial charge in [0.25, 0.3) is 0 Å². The first-order chi connectivity index (χ1) is 14.9. The molecule has 154 valence electrons. The number of rotatable bonds is 2. The third-order valence-corrected chi connectivity index (χ3v) is 6.39. The Morgan fingerprint density at radius 2 is 1.45 bits per heavy atom. The third-order valence-electron chi connectivity index (χ3n) is 6.39. The predicted octanol–water partition coefficient (Wildman–Crippen LogP) is 7.00. The van der Waals surface area contributed by atoms with Crippen molar-refractivity contribution in [1.29, 1.82) is 0 Å². The van der Waals surface area contributed by atoms with Crippen molar-refractivity contribution in [3.05, 3.63) is 107 Å². The van der Waals surface area contributed by atoms with E-state index in [2.05, 4.69) is 117 Å². The fraction of sp³-hybridized carbons (Fsp3) is 0.233. The van der Waals surface area contributed by atoms with Crippen LogP contribution in [0.5, 0.6) is 0 Å². The van der Waals surface area contributed by atoms with Gasteiger partial charge in [-0.2, -0.15) is 4.57 Å². The van der Waals surface area contributed by atoms with Gasteiger partial charge in [0.15, 0.2) is 5.69 Å². The Morgan fingerprint density at radius 1 is 0.710 bits per heavy atom. The van der Waals surface area contributed by atoms with Crippen LogP contribution in [0.15, 0.2) is 84.9 Å². The highest BCUT2D eigenvalue weighted by molar-refractivity contribution is 5.78. The lowest BCUT2D eigenvalue weighted by molar-refractivity contribution is -0.597. The Kier molecular flexibility index (Phi) is 4.78. The van der Waals surface area contributed by atoms with Crippen LogP contribution in [0.25, 0.3) is 28.1 Å². The summed E-state index contributed by atoms with van der Waals surface area (Å²) in [7, 11) is 0. The SMILES string of the molecule is Cc1cccc(-[n+]2c(C(C)(C)C)cc(-c3ccccc3)c3c2-c2ccccc2CC3)c1. The van der Waals surface area contributed by atoms with E-state index in [1.165, 1.54) is 50.5 Å². The van der Waals surface area contributed by atoms with Gasteiger partial charge in [-0.05, 0) is 48.1 Å². The van der Waals surface area contributed by atoms with Gasteiger partial charge in [0.05, 0.1) is 5.56 Å². The van der Waals surface area contributed by atoms with Crippen LogP contribution in [0, 0.1) is 6.92 Å². The number of aromatic nitrogens is 1. The maximum atomic E-state index is 2.53. The summed E-state index contributed by atoms with van der Waals surface area (Å²) in [5, 5.41) is 0. The molecular weight excluding hydrogens is 374 g/mol. The molecule has 0 saturated carbocycles. The topological polar surface area (TPSA) is 3.88 Å². The highest BCUT2D eigenvalue weighted by atomic mass is 15.0. The normalized spacial score (nSPS) is 12.9. The van der Waals surface area contributed by atoms with Gasteiger partial charge < -0.3 is 0 Å². The summed E-state index contributed by atoms with van der Waals surface area (Å²) in [4.78, 5) is 0. The first-order valence-corrected chi connectivity index (χ1v) is 11.3. The number of hydrogen-bond donors (Lipinski definition) is 0. The smallest absolute Gasteiger partial charge is 0.156 e. The lowest BCUT2D eigenvalue weighted by atomic mass is 9.81. The Hall–Kier alpha value is -3.19. The van der Waals surface area contributed by atoms with Crippen molar-refractivity contribution in [2.45, 2.75) is 46.0 Å². The van der Waals surface area contributed by atoms with Gasteiger partial charge >= 0.3 is 0 Å². The number of fused-ring (bicyclic) bond motifs is 3. The molecule has 0 atom stereocenters. The third kappa shape index (κ3) is 3.49. The Labute approximate surface area is 186 Å². The largest absolute Gasteiger partial charge is 0.222 e. The predicted molar refractivity (Wildman–Crippen MR) is 130 cm³/mol. The van der Waals surface area contributed by atoms with Crippen molar-refractivity contribution in [2.24, 2.45) is 0 Å². The van der Waals surface area contributed by atoms with Crippen LogP contribution in [-0.2, 0) is 18.3 Å². The average Bonchev–Trinajstić information content (AvgIpc) is 2.77. The van der Waals surface area contributed by atoms with Crippen molar-refractivity contribution in [1.82, 2.24) is 0 Å². The fourth-order valence-electron chi connectivity index (χ4n) is 4.90. The van der Waals surface area contributed by atoms with Crippen LogP contribution in [0.2, 0.25) is 0 Å². The Bertz CT molecular complexity index is 1260. The van der Waals surface area contributed by atoms with Crippen molar-refractivity contribution >= 4 is 0 Å². The molecule has 0 unspecified atom stereocenters. The molecule has 1 aliphatic carbocycles. The van der Waals surface area contributed by atoms with Crippen molar-refractivity contribution in [2.75, 3.05) is 0 Å². The quantitative estimate of drug-likeness (QED) is 0.317. The minimum Gasteiger partial charge on any atom is -0.156 e. The molecule has 1 heterocycles. The molecule has 0 fully saturated rings. The molecule has 5 rings (SSSR count). The van der Waals surface area contributed by atoms with E-state index in [1.54, 1.807) is 0 Å². The van der Waals surface area contributed by atoms with E-state index in [0.717, 1.165) is 12.8 Å². The zero-order valence-electron chi connectivity index (χ0n) is 18.9. The molecule has 1 nitrogen and oxygen atoms in total. The molecule has 0 saturated heterocycles. The highest BCUT2D eigenvalue weighted by Crippen LogP contribution is 2.39. The summed E-state index contributed by atoms with van der Waals surface area (Å²) in [6, 6.07) is 31.2. The second-order valence-corrected chi connectivity index (χ2v) is 9.72. The maximum absolute atomic E-state index is 2.53. The van der Waals surface area contributed by atoms with E-state index in [0.29, 0.717) is 0 Å². The highest BCUT2D eigenvalue weighted by Gasteiger charge is 2.36. The van der Waals surface area contributed by atoms with Gasteiger partial charge in [0, 0.05) is 29.2 Å². The van der Waals surface area contributed by atoms with Crippen molar-refractivity contribution < 1.29 is 4.57 Å². The zero-order valence-corrected chi connectivity index (χ0v) is 18.9. The van der Waals surface area contributed by atoms with E-state index in [4.69, 9.17) is 0 Å². The summed E-state index contributed by atoms with van der Waals surface area (Å²) in [5.74, 6) is 0. The average molecular weight is 405 g/mol.